The number of oxazole rings is 1. The van der Waals surface area contributed by atoms with Crippen molar-refractivity contribution < 1.29 is 9.21 Å². The molecule has 1 atom stereocenters. The van der Waals surface area contributed by atoms with Crippen LogP contribution in [0.4, 0.5) is 5.69 Å². The Morgan fingerprint density at radius 3 is 2.81 bits per heavy atom. The van der Waals surface area contributed by atoms with Gasteiger partial charge in [0.15, 0.2) is 5.58 Å². The number of amides is 1. The summed E-state index contributed by atoms with van der Waals surface area (Å²) >= 11 is 0. The van der Waals surface area contributed by atoms with E-state index in [1.807, 2.05) is 25.1 Å². The topological polar surface area (TPSA) is 79.5 Å². The lowest BCUT2D eigenvalue weighted by Crippen LogP contribution is -2.32. The Labute approximate surface area is 159 Å². The van der Waals surface area contributed by atoms with Gasteiger partial charge in [0.1, 0.15) is 0 Å². The standard InChI is InChI=1S/C20H30N4O3/c1-14(15-6-8-21-9-7-15)12-19(25)22-16-4-5-18-17(13-16)24(20(26)27-18)11-10-23(2)3/h4-5,13-15,21H,6-12H2,1-3H3,(H,22,25). The van der Waals surface area contributed by atoms with Crippen LogP contribution in [0.15, 0.2) is 27.4 Å². The Balaban J connectivity index is 1.68. The van der Waals surface area contributed by atoms with Crippen LogP contribution in [0.1, 0.15) is 26.2 Å². The molecule has 0 aliphatic carbocycles. The number of piperidine rings is 1. The molecule has 1 saturated heterocycles. The molecule has 7 heteroatoms. The third kappa shape index (κ3) is 4.99. The maximum Gasteiger partial charge on any atom is 0.419 e. The Bertz CT molecular complexity index is 833. The third-order valence-electron chi connectivity index (χ3n) is 5.42. The number of hydrogen-bond acceptors (Lipinski definition) is 5. The van der Waals surface area contributed by atoms with Crippen molar-refractivity contribution in [2.45, 2.75) is 32.7 Å². The van der Waals surface area contributed by atoms with E-state index in [-0.39, 0.29) is 11.7 Å². The predicted octanol–water partition coefficient (Wildman–Crippen LogP) is 2.12. The first-order valence-corrected chi connectivity index (χ1v) is 9.72. The van der Waals surface area contributed by atoms with Crippen molar-refractivity contribution in [3.8, 4) is 0 Å². The van der Waals surface area contributed by atoms with Crippen LogP contribution in [0, 0.1) is 11.8 Å². The fourth-order valence-electron chi connectivity index (χ4n) is 3.74. The maximum atomic E-state index is 12.5. The summed E-state index contributed by atoms with van der Waals surface area (Å²) in [6, 6.07) is 5.35. The Kier molecular flexibility index (Phi) is 6.34. The van der Waals surface area contributed by atoms with Gasteiger partial charge in [-0.05, 0) is 70.1 Å². The molecular formula is C20H30N4O3. The maximum absolute atomic E-state index is 12.5. The number of benzene rings is 1. The molecule has 1 aliphatic rings. The van der Waals surface area contributed by atoms with Crippen molar-refractivity contribution in [2.24, 2.45) is 11.8 Å². The number of hydrogen-bond donors (Lipinski definition) is 2. The highest BCUT2D eigenvalue weighted by Crippen LogP contribution is 2.25. The SMILES string of the molecule is CC(CC(=O)Nc1ccc2oc(=O)n(CCN(C)C)c2c1)C1CCNCC1. The molecule has 1 amide bonds. The molecule has 7 nitrogen and oxygen atoms in total. The van der Waals surface area contributed by atoms with E-state index in [0.717, 1.165) is 32.5 Å². The minimum absolute atomic E-state index is 0.0195. The number of carbonyl (C=O) groups is 1. The van der Waals surface area contributed by atoms with E-state index >= 15 is 0 Å². The highest BCUT2D eigenvalue weighted by atomic mass is 16.4. The van der Waals surface area contributed by atoms with Gasteiger partial charge in [0.2, 0.25) is 5.91 Å². The van der Waals surface area contributed by atoms with Gasteiger partial charge in [-0.15, -0.1) is 0 Å². The molecule has 0 saturated carbocycles. The van der Waals surface area contributed by atoms with E-state index in [4.69, 9.17) is 4.42 Å². The number of fused-ring (bicyclic) bond motifs is 1. The molecule has 27 heavy (non-hydrogen) atoms. The quantitative estimate of drug-likeness (QED) is 0.776. The van der Waals surface area contributed by atoms with Gasteiger partial charge in [-0.2, -0.15) is 0 Å². The Morgan fingerprint density at radius 1 is 1.37 bits per heavy atom. The summed E-state index contributed by atoms with van der Waals surface area (Å²) in [5.74, 6) is 0.619. The second-order valence-corrected chi connectivity index (χ2v) is 7.82. The molecule has 1 aliphatic heterocycles. The van der Waals surface area contributed by atoms with Crippen LogP contribution in [0.5, 0.6) is 0 Å². The van der Waals surface area contributed by atoms with E-state index in [2.05, 4.69) is 17.6 Å². The van der Waals surface area contributed by atoms with E-state index in [1.165, 1.54) is 0 Å². The van der Waals surface area contributed by atoms with Crippen molar-refractivity contribution in [1.29, 1.82) is 0 Å². The smallest absolute Gasteiger partial charge is 0.408 e. The van der Waals surface area contributed by atoms with E-state index < -0.39 is 0 Å². The lowest BCUT2D eigenvalue weighted by atomic mass is 9.84. The third-order valence-corrected chi connectivity index (χ3v) is 5.42. The van der Waals surface area contributed by atoms with Crippen LogP contribution >= 0.6 is 0 Å². The van der Waals surface area contributed by atoms with Gasteiger partial charge in [0.25, 0.3) is 0 Å². The van der Waals surface area contributed by atoms with Gasteiger partial charge in [0, 0.05) is 25.2 Å². The second-order valence-electron chi connectivity index (χ2n) is 7.82. The van der Waals surface area contributed by atoms with Crippen LogP contribution in [0.2, 0.25) is 0 Å². The van der Waals surface area contributed by atoms with Gasteiger partial charge in [-0.25, -0.2) is 4.79 Å². The number of nitrogens with one attached hydrogen (secondary N) is 2. The van der Waals surface area contributed by atoms with Gasteiger partial charge < -0.3 is 20.0 Å². The van der Waals surface area contributed by atoms with Crippen molar-refractivity contribution in [3.05, 3.63) is 28.7 Å². The average molecular weight is 374 g/mol. The molecule has 1 aromatic carbocycles. The number of carbonyl (C=O) groups excluding carboxylic acids is 1. The first-order chi connectivity index (χ1) is 12.9. The second kappa shape index (κ2) is 8.71. The van der Waals surface area contributed by atoms with Gasteiger partial charge >= 0.3 is 5.76 Å². The highest BCUT2D eigenvalue weighted by Gasteiger charge is 2.22. The zero-order valence-electron chi connectivity index (χ0n) is 16.5. The van der Waals surface area contributed by atoms with Crippen molar-refractivity contribution >= 4 is 22.7 Å². The zero-order chi connectivity index (χ0) is 19.4. The molecule has 1 aromatic heterocycles. The Morgan fingerprint density at radius 2 is 2.11 bits per heavy atom. The number of aromatic nitrogens is 1. The lowest BCUT2D eigenvalue weighted by Gasteiger charge is -2.27. The molecule has 1 unspecified atom stereocenters. The first kappa shape index (κ1) is 19.6. The minimum atomic E-state index is -0.366. The van der Waals surface area contributed by atoms with Crippen LogP contribution in [0.25, 0.3) is 11.1 Å². The van der Waals surface area contributed by atoms with Crippen molar-refractivity contribution in [1.82, 2.24) is 14.8 Å². The van der Waals surface area contributed by atoms with Crippen LogP contribution < -0.4 is 16.4 Å². The molecule has 2 heterocycles. The lowest BCUT2D eigenvalue weighted by molar-refractivity contribution is -0.117. The van der Waals surface area contributed by atoms with Crippen LogP contribution in [-0.4, -0.2) is 49.1 Å². The fraction of sp³-hybridized carbons (Fsp3) is 0.600. The number of anilines is 1. The molecule has 1 fully saturated rings. The van der Waals surface area contributed by atoms with Crippen molar-refractivity contribution in [2.75, 3.05) is 39.0 Å². The molecule has 2 N–H and O–H groups in total. The summed E-state index contributed by atoms with van der Waals surface area (Å²) in [7, 11) is 3.92. The van der Waals surface area contributed by atoms with Crippen molar-refractivity contribution in [3.63, 3.8) is 0 Å². The van der Waals surface area contributed by atoms with Gasteiger partial charge in [-0.1, -0.05) is 6.92 Å². The minimum Gasteiger partial charge on any atom is -0.408 e. The fourth-order valence-corrected chi connectivity index (χ4v) is 3.74. The molecule has 148 valence electrons. The molecule has 0 radical (unpaired) electrons. The molecule has 3 rings (SSSR count). The monoisotopic (exact) mass is 374 g/mol. The number of rotatable bonds is 7. The first-order valence-electron chi connectivity index (χ1n) is 9.72. The summed E-state index contributed by atoms with van der Waals surface area (Å²) in [6.45, 7) is 5.52. The summed E-state index contributed by atoms with van der Waals surface area (Å²) < 4.78 is 6.92. The summed E-state index contributed by atoms with van der Waals surface area (Å²) in [6.07, 6.45) is 2.78. The van der Waals surface area contributed by atoms with E-state index in [1.54, 1.807) is 16.7 Å². The molecular weight excluding hydrogens is 344 g/mol. The summed E-state index contributed by atoms with van der Waals surface area (Å²) in [4.78, 5) is 26.6. The van der Waals surface area contributed by atoms with Gasteiger partial charge in [-0.3, -0.25) is 9.36 Å². The number of likely N-dealkylation sites (N-methyl/N-ethyl adjacent to an activating group) is 1. The van der Waals surface area contributed by atoms with Crippen LogP contribution in [-0.2, 0) is 11.3 Å². The predicted molar refractivity (Wildman–Crippen MR) is 107 cm³/mol. The number of nitrogens with zero attached hydrogens (tertiary/aromatic N) is 2. The van der Waals surface area contributed by atoms with Crippen LogP contribution in [0.3, 0.4) is 0 Å². The Hall–Kier alpha value is -2.12. The average Bonchev–Trinajstić information content (AvgIpc) is 2.95. The summed E-state index contributed by atoms with van der Waals surface area (Å²) in [5, 5.41) is 6.35. The summed E-state index contributed by atoms with van der Waals surface area (Å²) in [5.41, 5.74) is 1.95. The molecule has 2 aromatic rings. The highest BCUT2D eigenvalue weighted by molar-refractivity contribution is 5.92. The normalized spacial score (nSPS) is 16.7. The largest absolute Gasteiger partial charge is 0.419 e. The van der Waals surface area contributed by atoms with E-state index in [0.29, 0.717) is 41.6 Å². The van der Waals surface area contributed by atoms with Gasteiger partial charge in [0.05, 0.1) is 5.52 Å². The molecule has 0 bridgehead atoms. The molecule has 0 spiro atoms. The zero-order valence-corrected chi connectivity index (χ0v) is 16.5. The van der Waals surface area contributed by atoms with E-state index in [9.17, 15) is 9.59 Å².